The number of fused-ring (bicyclic) bond motifs is 1. The molecule has 0 unspecified atom stereocenters. The lowest BCUT2D eigenvalue weighted by molar-refractivity contribution is -0.126. The van der Waals surface area contributed by atoms with E-state index in [-0.39, 0.29) is 17.2 Å². The number of hydroxylamine groups is 1. The standard InChI is InChI=1S/C25H20BrFN2O5/c1-2-33-19-13-14(12-18(26)22(19)30)21-20-23(34-29(21)17-6-4-3-5-7-17)25(32)28(24(20)31)16-10-8-15(27)9-11-16/h3-13,20-21,23,30H,2H2,1H3/t20-,21-,23+/m1/s1. The first-order chi connectivity index (χ1) is 16.4. The smallest absolute Gasteiger partial charge is 0.266 e. The third-order valence-electron chi connectivity index (χ3n) is 5.90. The van der Waals surface area contributed by atoms with Crippen LogP contribution in [-0.2, 0) is 14.4 Å². The second-order valence-electron chi connectivity index (χ2n) is 7.93. The minimum absolute atomic E-state index is 0.0610. The number of carbonyl (C=O) groups excluding carboxylic acids is 2. The van der Waals surface area contributed by atoms with Crippen LogP contribution in [0.4, 0.5) is 15.8 Å². The summed E-state index contributed by atoms with van der Waals surface area (Å²) >= 11 is 3.36. The lowest BCUT2D eigenvalue weighted by Gasteiger charge is -2.29. The van der Waals surface area contributed by atoms with E-state index in [2.05, 4.69) is 15.9 Å². The van der Waals surface area contributed by atoms with Crippen LogP contribution in [0.15, 0.2) is 71.2 Å². The Morgan fingerprint density at radius 2 is 1.74 bits per heavy atom. The van der Waals surface area contributed by atoms with E-state index in [1.807, 2.05) is 30.3 Å². The number of hydrogen-bond acceptors (Lipinski definition) is 6. The van der Waals surface area contributed by atoms with Gasteiger partial charge < -0.3 is 9.84 Å². The third kappa shape index (κ3) is 3.61. The molecule has 7 nitrogen and oxygen atoms in total. The minimum Gasteiger partial charge on any atom is -0.503 e. The number of nitrogens with zero attached hydrogens (tertiary/aromatic N) is 2. The van der Waals surface area contributed by atoms with Gasteiger partial charge in [0.05, 0.1) is 28.5 Å². The van der Waals surface area contributed by atoms with Gasteiger partial charge in [-0.05, 0) is 76.9 Å². The molecule has 1 N–H and O–H groups in total. The topological polar surface area (TPSA) is 79.3 Å². The van der Waals surface area contributed by atoms with E-state index >= 15 is 0 Å². The van der Waals surface area contributed by atoms with Gasteiger partial charge in [-0.2, -0.15) is 0 Å². The molecule has 0 aliphatic carbocycles. The van der Waals surface area contributed by atoms with Crippen molar-refractivity contribution in [2.45, 2.75) is 19.1 Å². The molecular weight excluding hydrogens is 507 g/mol. The number of ether oxygens (including phenoxy) is 1. The van der Waals surface area contributed by atoms with Crippen molar-refractivity contribution in [2.75, 3.05) is 16.6 Å². The molecule has 2 heterocycles. The Labute approximate surface area is 203 Å². The van der Waals surface area contributed by atoms with Gasteiger partial charge in [-0.25, -0.2) is 14.4 Å². The van der Waals surface area contributed by atoms with Gasteiger partial charge >= 0.3 is 0 Å². The van der Waals surface area contributed by atoms with Crippen molar-refractivity contribution in [1.82, 2.24) is 0 Å². The highest BCUT2D eigenvalue weighted by Gasteiger charge is 2.60. The van der Waals surface area contributed by atoms with E-state index in [0.717, 1.165) is 4.90 Å². The van der Waals surface area contributed by atoms with Crippen LogP contribution in [0.2, 0.25) is 0 Å². The molecule has 2 fully saturated rings. The predicted molar refractivity (Wildman–Crippen MR) is 126 cm³/mol. The average molecular weight is 527 g/mol. The van der Waals surface area contributed by atoms with Crippen molar-refractivity contribution >= 4 is 39.1 Å². The number of rotatable bonds is 5. The first-order valence-electron chi connectivity index (χ1n) is 10.7. The zero-order valence-corrected chi connectivity index (χ0v) is 19.6. The van der Waals surface area contributed by atoms with Crippen LogP contribution in [0.1, 0.15) is 18.5 Å². The summed E-state index contributed by atoms with van der Waals surface area (Å²) in [6.45, 7) is 2.12. The Morgan fingerprint density at radius 1 is 1.03 bits per heavy atom. The van der Waals surface area contributed by atoms with E-state index in [0.29, 0.717) is 22.3 Å². The number of amides is 2. The first-order valence-corrected chi connectivity index (χ1v) is 11.5. The monoisotopic (exact) mass is 526 g/mol. The largest absolute Gasteiger partial charge is 0.503 e. The summed E-state index contributed by atoms with van der Waals surface area (Å²) in [7, 11) is 0. The van der Waals surface area contributed by atoms with Crippen LogP contribution in [0, 0.1) is 11.7 Å². The van der Waals surface area contributed by atoms with Crippen molar-refractivity contribution in [3.63, 3.8) is 0 Å². The van der Waals surface area contributed by atoms with Crippen LogP contribution in [-0.4, -0.2) is 29.6 Å². The summed E-state index contributed by atoms with van der Waals surface area (Å²) in [6, 6.07) is 17.0. The van der Waals surface area contributed by atoms with Crippen LogP contribution in [0.5, 0.6) is 11.5 Å². The van der Waals surface area contributed by atoms with Crippen molar-refractivity contribution in [3.05, 3.63) is 82.6 Å². The fourth-order valence-electron chi connectivity index (χ4n) is 4.43. The molecule has 0 aromatic heterocycles. The highest BCUT2D eigenvalue weighted by molar-refractivity contribution is 9.10. The van der Waals surface area contributed by atoms with Crippen molar-refractivity contribution in [3.8, 4) is 11.5 Å². The number of hydrogen-bond donors (Lipinski definition) is 1. The molecule has 0 bridgehead atoms. The van der Waals surface area contributed by atoms with Crippen LogP contribution < -0.4 is 14.7 Å². The normalized spacial score (nSPS) is 21.8. The summed E-state index contributed by atoms with van der Waals surface area (Å²) in [5, 5.41) is 12.0. The molecule has 0 spiro atoms. The summed E-state index contributed by atoms with van der Waals surface area (Å²) < 4.78 is 19.4. The average Bonchev–Trinajstić information content (AvgIpc) is 3.34. The second kappa shape index (κ2) is 8.73. The molecule has 2 saturated heterocycles. The number of phenolic OH excluding ortho intramolecular Hbond substituents is 1. The number of anilines is 2. The van der Waals surface area contributed by atoms with E-state index in [1.54, 1.807) is 24.1 Å². The molecule has 0 saturated carbocycles. The Hall–Kier alpha value is -3.43. The number of aromatic hydroxyl groups is 1. The number of halogens is 2. The number of carbonyl (C=O) groups is 2. The molecule has 174 valence electrons. The van der Waals surface area contributed by atoms with Gasteiger partial charge in [0.15, 0.2) is 17.6 Å². The molecule has 3 atom stereocenters. The zero-order chi connectivity index (χ0) is 24.0. The Balaban J connectivity index is 1.62. The van der Waals surface area contributed by atoms with Crippen LogP contribution in [0.25, 0.3) is 0 Å². The Bertz CT molecular complexity index is 1250. The molecule has 3 aromatic rings. The third-order valence-corrected chi connectivity index (χ3v) is 6.51. The van der Waals surface area contributed by atoms with Crippen molar-refractivity contribution < 1.29 is 28.7 Å². The molecule has 3 aromatic carbocycles. The van der Waals surface area contributed by atoms with E-state index in [1.165, 1.54) is 24.3 Å². The highest BCUT2D eigenvalue weighted by Crippen LogP contribution is 2.49. The first kappa shape index (κ1) is 22.4. The van der Waals surface area contributed by atoms with Gasteiger partial charge in [0.25, 0.3) is 5.91 Å². The fraction of sp³-hybridized carbons (Fsp3) is 0.200. The summed E-state index contributed by atoms with van der Waals surface area (Å²) in [5.74, 6) is -2.13. The number of imide groups is 1. The molecule has 9 heteroatoms. The molecule has 5 rings (SSSR count). The van der Waals surface area contributed by atoms with Crippen LogP contribution in [0.3, 0.4) is 0 Å². The maximum Gasteiger partial charge on any atom is 0.266 e. The number of phenols is 1. The van der Waals surface area contributed by atoms with Crippen LogP contribution >= 0.6 is 15.9 Å². The lowest BCUT2D eigenvalue weighted by atomic mass is 9.90. The molecule has 0 radical (unpaired) electrons. The van der Waals surface area contributed by atoms with Gasteiger partial charge in [-0.3, -0.25) is 14.4 Å². The molecular formula is C25H20BrFN2O5. The summed E-state index contributed by atoms with van der Waals surface area (Å²) in [6.07, 6.45) is -1.06. The summed E-state index contributed by atoms with van der Waals surface area (Å²) in [4.78, 5) is 34.1. The number of para-hydroxylation sites is 1. The van der Waals surface area contributed by atoms with Gasteiger partial charge in [-0.15, -0.1) is 0 Å². The quantitative estimate of drug-likeness (QED) is 0.483. The van der Waals surface area contributed by atoms with Gasteiger partial charge in [0.1, 0.15) is 11.7 Å². The van der Waals surface area contributed by atoms with E-state index in [4.69, 9.17) is 9.57 Å². The Morgan fingerprint density at radius 3 is 2.41 bits per heavy atom. The molecule has 2 amide bonds. The molecule has 2 aliphatic heterocycles. The maximum absolute atomic E-state index is 13.6. The van der Waals surface area contributed by atoms with E-state index < -0.39 is 35.7 Å². The highest BCUT2D eigenvalue weighted by atomic mass is 79.9. The molecule has 2 aliphatic rings. The SMILES string of the molecule is CCOc1cc([C@@H]2[C@H]3C(=O)N(c4ccc(F)cc4)C(=O)[C@H]3ON2c2ccccc2)cc(Br)c1O. The van der Waals surface area contributed by atoms with Crippen molar-refractivity contribution in [1.29, 1.82) is 0 Å². The second-order valence-corrected chi connectivity index (χ2v) is 8.78. The van der Waals surface area contributed by atoms with Crippen molar-refractivity contribution in [2.24, 2.45) is 5.92 Å². The van der Waals surface area contributed by atoms with Gasteiger partial charge in [-0.1, -0.05) is 18.2 Å². The minimum atomic E-state index is -1.06. The molecule has 34 heavy (non-hydrogen) atoms. The summed E-state index contributed by atoms with van der Waals surface area (Å²) in [5.41, 5.74) is 1.56. The Kier molecular flexibility index (Phi) is 5.75. The lowest BCUT2D eigenvalue weighted by Crippen LogP contribution is -2.37. The van der Waals surface area contributed by atoms with Gasteiger partial charge in [0, 0.05) is 0 Å². The number of benzene rings is 3. The zero-order valence-electron chi connectivity index (χ0n) is 18.0. The maximum atomic E-state index is 13.6. The van der Waals surface area contributed by atoms with E-state index in [9.17, 15) is 19.1 Å². The fourth-order valence-corrected chi connectivity index (χ4v) is 4.89. The predicted octanol–water partition coefficient (Wildman–Crippen LogP) is 4.74. The van der Waals surface area contributed by atoms with Gasteiger partial charge in [0.2, 0.25) is 5.91 Å².